The van der Waals surface area contributed by atoms with Crippen molar-refractivity contribution in [1.82, 2.24) is 9.97 Å². The Morgan fingerprint density at radius 1 is 1.07 bits per heavy atom. The minimum Gasteiger partial charge on any atom is -0.367 e. The van der Waals surface area contributed by atoms with Crippen LogP contribution in [0.4, 0.5) is 10.9 Å². The maximum atomic E-state index is 6.21. The lowest BCUT2D eigenvalue weighted by atomic mass is 9.95. The van der Waals surface area contributed by atoms with E-state index in [-0.39, 0.29) is 0 Å². The summed E-state index contributed by atoms with van der Waals surface area (Å²) in [4.78, 5) is 10.4. The van der Waals surface area contributed by atoms with Gasteiger partial charge in [-0.25, -0.2) is 9.97 Å². The van der Waals surface area contributed by atoms with Crippen LogP contribution in [-0.4, -0.2) is 23.1 Å². The van der Waals surface area contributed by atoms with Crippen LogP contribution in [0.3, 0.4) is 0 Å². The molecule has 0 unspecified atom stereocenters. The van der Waals surface area contributed by atoms with Crippen molar-refractivity contribution >= 4 is 33.9 Å². The summed E-state index contributed by atoms with van der Waals surface area (Å²) in [6, 6.07) is 12.6. The average molecular weight is 399 g/mol. The SMILES string of the molecule is CNc1nc(-c2cccc(Cl)c2)c(-c2ccnc(NC3CCCCC3)c2)s1. The van der Waals surface area contributed by atoms with Gasteiger partial charge in [0, 0.05) is 29.9 Å². The maximum Gasteiger partial charge on any atom is 0.183 e. The highest BCUT2D eigenvalue weighted by atomic mass is 35.5. The summed E-state index contributed by atoms with van der Waals surface area (Å²) in [6.07, 6.45) is 8.28. The van der Waals surface area contributed by atoms with Crippen molar-refractivity contribution < 1.29 is 0 Å². The Hall–Kier alpha value is -2.11. The molecule has 0 amide bonds. The topological polar surface area (TPSA) is 49.8 Å². The minimum absolute atomic E-state index is 0.531. The number of rotatable bonds is 5. The first-order valence-corrected chi connectivity index (χ1v) is 10.6. The van der Waals surface area contributed by atoms with Gasteiger partial charge < -0.3 is 10.6 Å². The van der Waals surface area contributed by atoms with Gasteiger partial charge in [-0.3, -0.25) is 0 Å². The van der Waals surface area contributed by atoms with Gasteiger partial charge >= 0.3 is 0 Å². The predicted octanol–water partition coefficient (Wildman–Crippen LogP) is 6.31. The zero-order valence-electron chi connectivity index (χ0n) is 15.3. The molecule has 2 aromatic heterocycles. The highest BCUT2D eigenvalue weighted by Crippen LogP contribution is 2.40. The van der Waals surface area contributed by atoms with Gasteiger partial charge in [0.1, 0.15) is 5.82 Å². The summed E-state index contributed by atoms with van der Waals surface area (Å²) in [6.45, 7) is 0. The Morgan fingerprint density at radius 2 is 1.93 bits per heavy atom. The number of aromatic nitrogens is 2. The van der Waals surface area contributed by atoms with Crippen molar-refractivity contribution in [3.8, 4) is 21.7 Å². The van der Waals surface area contributed by atoms with Crippen LogP contribution in [0.1, 0.15) is 32.1 Å². The smallest absolute Gasteiger partial charge is 0.183 e. The van der Waals surface area contributed by atoms with Crippen LogP contribution in [0.2, 0.25) is 5.02 Å². The number of benzene rings is 1. The molecule has 6 heteroatoms. The Balaban J connectivity index is 1.68. The lowest BCUT2D eigenvalue weighted by Crippen LogP contribution is -2.22. The molecule has 1 aliphatic carbocycles. The fourth-order valence-corrected chi connectivity index (χ4v) is 4.69. The van der Waals surface area contributed by atoms with Crippen molar-refractivity contribution in [3.05, 3.63) is 47.6 Å². The lowest BCUT2D eigenvalue weighted by Gasteiger charge is -2.23. The van der Waals surface area contributed by atoms with Gasteiger partial charge in [0.05, 0.1) is 10.6 Å². The second kappa shape index (κ2) is 8.28. The van der Waals surface area contributed by atoms with Gasteiger partial charge in [0.25, 0.3) is 0 Å². The molecule has 1 aromatic carbocycles. The zero-order valence-corrected chi connectivity index (χ0v) is 16.9. The predicted molar refractivity (Wildman–Crippen MR) is 116 cm³/mol. The van der Waals surface area contributed by atoms with Gasteiger partial charge in [0.2, 0.25) is 0 Å². The molecule has 1 saturated carbocycles. The van der Waals surface area contributed by atoms with Crippen molar-refractivity contribution in [2.24, 2.45) is 0 Å². The molecule has 0 bridgehead atoms. The summed E-state index contributed by atoms with van der Waals surface area (Å²) in [7, 11) is 1.90. The van der Waals surface area contributed by atoms with E-state index in [1.54, 1.807) is 11.3 Å². The van der Waals surface area contributed by atoms with Gasteiger partial charge in [-0.15, -0.1) is 0 Å². The molecule has 27 heavy (non-hydrogen) atoms. The molecule has 0 atom stereocenters. The fourth-order valence-electron chi connectivity index (χ4n) is 3.56. The van der Waals surface area contributed by atoms with Gasteiger partial charge in [0.15, 0.2) is 5.13 Å². The highest BCUT2D eigenvalue weighted by Gasteiger charge is 2.17. The fraction of sp³-hybridized carbons (Fsp3) is 0.333. The minimum atomic E-state index is 0.531. The Labute approximate surface area is 169 Å². The molecular weight excluding hydrogens is 376 g/mol. The second-order valence-corrected chi connectivity index (χ2v) is 8.30. The molecule has 1 aliphatic rings. The molecule has 4 nitrogen and oxygen atoms in total. The van der Waals surface area contributed by atoms with E-state index < -0.39 is 0 Å². The van der Waals surface area contributed by atoms with E-state index in [2.05, 4.69) is 21.7 Å². The number of halogens is 1. The standard InChI is InChI=1S/C21H23ClN4S/c1-23-21-26-19(14-6-5-7-16(22)12-14)20(27-21)15-10-11-24-18(13-15)25-17-8-3-2-4-9-17/h5-7,10-13,17H,2-4,8-9H2,1H3,(H,23,26)(H,24,25). The number of pyridine rings is 1. The Kier molecular flexibility index (Phi) is 5.60. The molecule has 0 radical (unpaired) electrons. The second-order valence-electron chi connectivity index (χ2n) is 6.87. The number of anilines is 2. The van der Waals surface area contributed by atoms with E-state index in [0.29, 0.717) is 11.1 Å². The monoisotopic (exact) mass is 398 g/mol. The number of thiazole rings is 1. The van der Waals surface area contributed by atoms with E-state index >= 15 is 0 Å². The van der Waals surface area contributed by atoms with Gasteiger partial charge in [-0.2, -0.15) is 0 Å². The van der Waals surface area contributed by atoms with Crippen LogP contribution in [-0.2, 0) is 0 Å². The third-order valence-corrected chi connectivity index (χ3v) is 6.28. The molecule has 4 rings (SSSR count). The van der Waals surface area contributed by atoms with E-state index in [4.69, 9.17) is 16.6 Å². The third-order valence-electron chi connectivity index (χ3n) is 4.92. The molecular formula is C21H23ClN4S. The normalized spacial score (nSPS) is 14.9. The van der Waals surface area contributed by atoms with Crippen LogP contribution in [0.5, 0.6) is 0 Å². The Morgan fingerprint density at radius 3 is 2.70 bits per heavy atom. The number of hydrogen-bond donors (Lipinski definition) is 2. The van der Waals surface area contributed by atoms with E-state index in [0.717, 1.165) is 32.6 Å². The zero-order chi connectivity index (χ0) is 18.6. The molecule has 0 saturated heterocycles. The molecule has 0 aliphatic heterocycles. The van der Waals surface area contributed by atoms with Crippen LogP contribution < -0.4 is 10.6 Å². The quantitative estimate of drug-likeness (QED) is 0.528. The van der Waals surface area contributed by atoms with Crippen LogP contribution in [0, 0.1) is 0 Å². The van der Waals surface area contributed by atoms with E-state index in [1.165, 1.54) is 32.1 Å². The van der Waals surface area contributed by atoms with E-state index in [9.17, 15) is 0 Å². The lowest BCUT2D eigenvalue weighted by molar-refractivity contribution is 0.462. The van der Waals surface area contributed by atoms with Crippen LogP contribution in [0.25, 0.3) is 21.7 Å². The summed E-state index contributed by atoms with van der Waals surface area (Å²) in [5.41, 5.74) is 3.09. The van der Waals surface area contributed by atoms with Crippen LogP contribution in [0.15, 0.2) is 42.6 Å². The summed E-state index contributed by atoms with van der Waals surface area (Å²) >= 11 is 7.85. The third kappa shape index (κ3) is 4.25. The first-order valence-electron chi connectivity index (χ1n) is 9.40. The molecule has 2 heterocycles. The number of nitrogens with one attached hydrogen (secondary N) is 2. The van der Waals surface area contributed by atoms with E-state index in [1.807, 2.05) is 43.6 Å². The molecule has 1 fully saturated rings. The Bertz CT molecular complexity index is 918. The largest absolute Gasteiger partial charge is 0.367 e. The first-order chi connectivity index (χ1) is 13.2. The van der Waals surface area contributed by atoms with Crippen molar-refractivity contribution in [2.45, 2.75) is 38.1 Å². The summed E-state index contributed by atoms with van der Waals surface area (Å²) < 4.78 is 0. The van der Waals surface area contributed by atoms with Crippen molar-refractivity contribution in [3.63, 3.8) is 0 Å². The molecule has 140 valence electrons. The van der Waals surface area contributed by atoms with Gasteiger partial charge in [-0.1, -0.05) is 54.3 Å². The maximum absolute atomic E-state index is 6.21. The highest BCUT2D eigenvalue weighted by molar-refractivity contribution is 7.19. The number of hydrogen-bond acceptors (Lipinski definition) is 5. The first kappa shape index (κ1) is 18.3. The summed E-state index contributed by atoms with van der Waals surface area (Å²) in [5.74, 6) is 0.941. The molecule has 0 spiro atoms. The molecule has 3 aromatic rings. The van der Waals surface area contributed by atoms with Crippen molar-refractivity contribution in [1.29, 1.82) is 0 Å². The summed E-state index contributed by atoms with van der Waals surface area (Å²) in [5, 5.41) is 8.38. The van der Waals surface area contributed by atoms with Crippen LogP contribution >= 0.6 is 22.9 Å². The molecule has 2 N–H and O–H groups in total. The number of nitrogens with zero attached hydrogens (tertiary/aromatic N) is 2. The average Bonchev–Trinajstić information content (AvgIpc) is 3.14. The van der Waals surface area contributed by atoms with Crippen molar-refractivity contribution in [2.75, 3.05) is 17.7 Å². The van der Waals surface area contributed by atoms with Gasteiger partial charge in [-0.05, 0) is 42.7 Å².